The van der Waals surface area contributed by atoms with Gasteiger partial charge in [0.15, 0.2) is 0 Å². The van der Waals surface area contributed by atoms with Crippen LogP contribution in [0.1, 0.15) is 49.4 Å². The molecule has 0 spiro atoms. The quantitative estimate of drug-likeness (QED) is 0.405. The van der Waals surface area contributed by atoms with Gasteiger partial charge in [-0.25, -0.2) is 0 Å². The maximum Gasteiger partial charge on any atom is 0.237 e. The van der Waals surface area contributed by atoms with Crippen molar-refractivity contribution in [3.05, 3.63) is 65.5 Å². The summed E-state index contributed by atoms with van der Waals surface area (Å²) in [6, 6.07) is 14.7. The second-order valence-electron chi connectivity index (χ2n) is 8.07. The monoisotopic (exact) mass is 409 g/mol. The average molecular weight is 410 g/mol. The SMILES string of the molecule is C[C@H](NCc1ccccn1)C(=O)NCc1ccc(CNCCCC2CCCN2)cc1. The van der Waals surface area contributed by atoms with Crippen LogP contribution in [0.5, 0.6) is 0 Å². The van der Waals surface area contributed by atoms with Crippen LogP contribution in [0.25, 0.3) is 0 Å². The first-order valence-electron chi connectivity index (χ1n) is 11.1. The van der Waals surface area contributed by atoms with Crippen molar-refractivity contribution in [3.8, 4) is 0 Å². The smallest absolute Gasteiger partial charge is 0.237 e. The van der Waals surface area contributed by atoms with Gasteiger partial charge in [0.2, 0.25) is 5.91 Å². The molecule has 1 saturated heterocycles. The van der Waals surface area contributed by atoms with Gasteiger partial charge in [-0.1, -0.05) is 30.3 Å². The van der Waals surface area contributed by atoms with Crippen LogP contribution in [-0.4, -0.2) is 36.1 Å². The summed E-state index contributed by atoms with van der Waals surface area (Å²) in [6.45, 7) is 6.12. The summed E-state index contributed by atoms with van der Waals surface area (Å²) in [5.41, 5.74) is 3.31. The number of hydrogen-bond acceptors (Lipinski definition) is 5. The number of pyridine rings is 1. The molecule has 1 unspecified atom stereocenters. The number of carbonyl (C=O) groups is 1. The van der Waals surface area contributed by atoms with E-state index < -0.39 is 0 Å². The van der Waals surface area contributed by atoms with E-state index in [4.69, 9.17) is 0 Å². The lowest BCUT2D eigenvalue weighted by molar-refractivity contribution is -0.122. The van der Waals surface area contributed by atoms with Gasteiger partial charge in [-0.2, -0.15) is 0 Å². The molecule has 1 aliphatic heterocycles. The number of hydrogen-bond donors (Lipinski definition) is 4. The number of rotatable bonds is 12. The van der Waals surface area contributed by atoms with Crippen LogP contribution in [-0.2, 0) is 24.4 Å². The molecule has 30 heavy (non-hydrogen) atoms. The number of benzene rings is 1. The van der Waals surface area contributed by atoms with E-state index in [-0.39, 0.29) is 11.9 Å². The van der Waals surface area contributed by atoms with Crippen LogP contribution in [0.3, 0.4) is 0 Å². The van der Waals surface area contributed by atoms with Gasteiger partial charge in [-0.15, -0.1) is 0 Å². The minimum atomic E-state index is -0.269. The molecule has 2 aromatic rings. The van der Waals surface area contributed by atoms with Crippen molar-refractivity contribution >= 4 is 5.91 Å². The number of carbonyl (C=O) groups excluding carboxylic acids is 1. The molecule has 1 aromatic heterocycles. The Balaban J connectivity index is 1.29. The van der Waals surface area contributed by atoms with E-state index in [0.717, 1.165) is 30.4 Å². The van der Waals surface area contributed by atoms with E-state index in [1.165, 1.54) is 37.8 Å². The molecular weight excluding hydrogens is 374 g/mol. The zero-order valence-corrected chi connectivity index (χ0v) is 18.0. The summed E-state index contributed by atoms with van der Waals surface area (Å²) in [6.07, 6.45) is 6.90. The van der Waals surface area contributed by atoms with Crippen LogP contribution < -0.4 is 21.3 Å². The van der Waals surface area contributed by atoms with Gasteiger partial charge in [-0.3, -0.25) is 9.78 Å². The van der Waals surface area contributed by atoms with Gasteiger partial charge in [0, 0.05) is 31.9 Å². The lowest BCUT2D eigenvalue weighted by atomic mass is 10.1. The highest BCUT2D eigenvalue weighted by atomic mass is 16.2. The number of nitrogens with zero attached hydrogens (tertiary/aromatic N) is 1. The Morgan fingerprint density at radius 3 is 2.63 bits per heavy atom. The lowest BCUT2D eigenvalue weighted by Crippen LogP contribution is -2.41. The predicted octanol–water partition coefficient (Wildman–Crippen LogP) is 2.50. The van der Waals surface area contributed by atoms with E-state index in [0.29, 0.717) is 13.1 Å². The summed E-state index contributed by atoms with van der Waals surface area (Å²) in [7, 11) is 0. The zero-order chi connectivity index (χ0) is 21.0. The van der Waals surface area contributed by atoms with Gasteiger partial charge in [0.25, 0.3) is 0 Å². The maximum atomic E-state index is 12.3. The van der Waals surface area contributed by atoms with Crippen molar-refractivity contribution in [2.24, 2.45) is 0 Å². The van der Waals surface area contributed by atoms with Crippen LogP contribution >= 0.6 is 0 Å². The van der Waals surface area contributed by atoms with Crippen molar-refractivity contribution in [1.82, 2.24) is 26.3 Å². The second-order valence-corrected chi connectivity index (χ2v) is 8.07. The van der Waals surface area contributed by atoms with Crippen molar-refractivity contribution < 1.29 is 4.79 Å². The van der Waals surface area contributed by atoms with Crippen molar-refractivity contribution in [2.45, 2.75) is 64.3 Å². The first-order valence-corrected chi connectivity index (χ1v) is 11.1. The molecule has 0 saturated carbocycles. The molecule has 1 fully saturated rings. The fourth-order valence-electron chi connectivity index (χ4n) is 3.68. The highest BCUT2D eigenvalue weighted by Crippen LogP contribution is 2.10. The summed E-state index contributed by atoms with van der Waals surface area (Å²) in [5, 5.41) is 13.3. The van der Waals surface area contributed by atoms with Gasteiger partial charge in [0.1, 0.15) is 0 Å². The van der Waals surface area contributed by atoms with Crippen LogP contribution in [0.2, 0.25) is 0 Å². The topological polar surface area (TPSA) is 78.1 Å². The zero-order valence-electron chi connectivity index (χ0n) is 18.0. The third-order valence-electron chi connectivity index (χ3n) is 5.60. The molecule has 2 heterocycles. The fourth-order valence-corrected chi connectivity index (χ4v) is 3.68. The number of amides is 1. The summed E-state index contributed by atoms with van der Waals surface area (Å²) >= 11 is 0. The molecule has 4 N–H and O–H groups in total. The Morgan fingerprint density at radius 2 is 1.93 bits per heavy atom. The largest absolute Gasteiger partial charge is 0.351 e. The van der Waals surface area contributed by atoms with E-state index >= 15 is 0 Å². The third kappa shape index (κ3) is 7.86. The maximum absolute atomic E-state index is 12.3. The highest BCUT2D eigenvalue weighted by Gasteiger charge is 2.13. The molecule has 162 valence electrons. The Morgan fingerprint density at radius 1 is 1.13 bits per heavy atom. The van der Waals surface area contributed by atoms with Crippen molar-refractivity contribution in [1.29, 1.82) is 0 Å². The minimum absolute atomic E-state index is 0.00609. The van der Waals surface area contributed by atoms with Crippen LogP contribution in [0.4, 0.5) is 0 Å². The number of nitrogens with one attached hydrogen (secondary N) is 4. The van der Waals surface area contributed by atoms with Gasteiger partial charge >= 0.3 is 0 Å². The normalized spacial score (nSPS) is 17.0. The molecule has 3 rings (SSSR count). The molecule has 1 amide bonds. The van der Waals surface area contributed by atoms with Crippen molar-refractivity contribution in [2.75, 3.05) is 13.1 Å². The second kappa shape index (κ2) is 12.4. The molecule has 6 heteroatoms. The predicted molar refractivity (Wildman–Crippen MR) is 121 cm³/mol. The van der Waals surface area contributed by atoms with E-state index in [1.54, 1.807) is 6.20 Å². The Labute approximate surface area is 180 Å². The first kappa shape index (κ1) is 22.4. The lowest BCUT2D eigenvalue weighted by Gasteiger charge is -2.14. The van der Waals surface area contributed by atoms with Crippen LogP contribution in [0, 0.1) is 0 Å². The Kier molecular flexibility index (Phi) is 9.28. The summed E-state index contributed by atoms with van der Waals surface area (Å²) in [4.78, 5) is 16.6. The Hall–Kier alpha value is -2.28. The van der Waals surface area contributed by atoms with E-state index in [9.17, 15) is 4.79 Å². The van der Waals surface area contributed by atoms with Crippen molar-refractivity contribution in [3.63, 3.8) is 0 Å². The third-order valence-corrected chi connectivity index (χ3v) is 5.60. The van der Waals surface area contributed by atoms with Gasteiger partial charge in [0.05, 0.1) is 11.7 Å². The standard InChI is InChI=1S/C24H35N5O/c1-19(28-18-23-6-2-3-14-27-23)24(30)29-17-21-11-9-20(10-12-21)16-25-13-4-7-22-8-5-15-26-22/h2-3,6,9-12,14,19,22,25-26,28H,4-5,7-8,13,15-18H2,1H3,(H,29,30)/t19-,22?/m0/s1. The van der Waals surface area contributed by atoms with E-state index in [2.05, 4.69) is 50.5 Å². The molecule has 2 atom stereocenters. The molecular formula is C24H35N5O. The highest BCUT2D eigenvalue weighted by molar-refractivity contribution is 5.81. The summed E-state index contributed by atoms with van der Waals surface area (Å²) in [5.74, 6) is -0.00609. The average Bonchev–Trinajstić information content (AvgIpc) is 3.30. The molecule has 0 bridgehead atoms. The molecule has 6 nitrogen and oxygen atoms in total. The molecule has 0 aliphatic carbocycles. The van der Waals surface area contributed by atoms with Crippen LogP contribution in [0.15, 0.2) is 48.7 Å². The molecule has 1 aromatic carbocycles. The Bertz CT molecular complexity index is 744. The van der Waals surface area contributed by atoms with Gasteiger partial charge in [-0.05, 0) is 69.0 Å². The first-order chi connectivity index (χ1) is 14.7. The molecule has 0 radical (unpaired) electrons. The molecule has 1 aliphatic rings. The summed E-state index contributed by atoms with van der Waals surface area (Å²) < 4.78 is 0. The fraction of sp³-hybridized carbons (Fsp3) is 0.500. The van der Waals surface area contributed by atoms with E-state index in [1.807, 2.05) is 25.1 Å². The van der Waals surface area contributed by atoms with Gasteiger partial charge < -0.3 is 21.3 Å². The minimum Gasteiger partial charge on any atom is -0.351 e. The number of aromatic nitrogens is 1.